The average molecular weight is 305 g/mol. The van der Waals surface area contributed by atoms with Crippen LogP contribution in [0.2, 0.25) is 0 Å². The number of imidazole rings is 1. The highest BCUT2D eigenvalue weighted by molar-refractivity contribution is 5.94. The van der Waals surface area contributed by atoms with Crippen LogP contribution in [-0.4, -0.2) is 15.5 Å². The Labute approximate surface area is 135 Å². The molecule has 3 aromatic rings. The van der Waals surface area contributed by atoms with Crippen LogP contribution in [-0.2, 0) is 13.1 Å². The molecule has 0 radical (unpaired) electrons. The monoisotopic (exact) mass is 305 g/mol. The van der Waals surface area contributed by atoms with Crippen molar-refractivity contribution in [3.05, 3.63) is 89.5 Å². The van der Waals surface area contributed by atoms with E-state index < -0.39 is 0 Å². The van der Waals surface area contributed by atoms with Crippen LogP contribution in [0.5, 0.6) is 0 Å². The molecule has 0 saturated heterocycles. The minimum absolute atomic E-state index is 0.0533. The minimum atomic E-state index is -0.0533. The van der Waals surface area contributed by atoms with E-state index >= 15 is 0 Å². The molecule has 3 rings (SSSR count). The lowest BCUT2D eigenvalue weighted by Gasteiger charge is -2.11. The number of benzene rings is 2. The lowest BCUT2D eigenvalue weighted by Crippen LogP contribution is -2.23. The molecule has 0 atom stereocenters. The van der Waals surface area contributed by atoms with E-state index in [4.69, 9.17) is 0 Å². The summed E-state index contributed by atoms with van der Waals surface area (Å²) in [6.07, 6.45) is 5.49. The summed E-state index contributed by atoms with van der Waals surface area (Å²) < 4.78 is 2.01. The largest absolute Gasteiger partial charge is 0.348 e. The predicted molar refractivity (Wildman–Crippen MR) is 90.1 cm³/mol. The van der Waals surface area contributed by atoms with Crippen molar-refractivity contribution in [3.8, 4) is 0 Å². The molecule has 0 saturated carbocycles. The number of aromatic nitrogens is 2. The van der Waals surface area contributed by atoms with Crippen molar-refractivity contribution in [1.29, 1.82) is 0 Å². The maximum Gasteiger partial charge on any atom is 0.251 e. The third kappa shape index (κ3) is 3.86. The molecule has 23 heavy (non-hydrogen) atoms. The minimum Gasteiger partial charge on any atom is -0.348 e. The number of nitrogens with zero attached hydrogens (tertiary/aromatic N) is 2. The number of aryl methyl sites for hydroxylation is 1. The van der Waals surface area contributed by atoms with Gasteiger partial charge in [-0.05, 0) is 30.2 Å². The molecule has 0 aliphatic rings. The van der Waals surface area contributed by atoms with Crippen molar-refractivity contribution in [2.24, 2.45) is 0 Å². The van der Waals surface area contributed by atoms with Crippen LogP contribution >= 0.6 is 0 Å². The van der Waals surface area contributed by atoms with Crippen LogP contribution in [0.1, 0.15) is 27.0 Å². The molecule has 0 fully saturated rings. The zero-order chi connectivity index (χ0) is 16.1. The molecule has 1 N–H and O–H groups in total. The number of carbonyl (C=O) groups excluding carboxylic acids is 1. The van der Waals surface area contributed by atoms with Gasteiger partial charge in [0.1, 0.15) is 0 Å². The number of carbonyl (C=O) groups is 1. The van der Waals surface area contributed by atoms with Gasteiger partial charge in [-0.3, -0.25) is 4.79 Å². The van der Waals surface area contributed by atoms with Gasteiger partial charge in [0.25, 0.3) is 5.91 Å². The third-order valence-corrected chi connectivity index (χ3v) is 3.78. The molecular weight excluding hydrogens is 286 g/mol. The first-order chi connectivity index (χ1) is 11.2. The van der Waals surface area contributed by atoms with Crippen molar-refractivity contribution in [3.63, 3.8) is 0 Å². The zero-order valence-corrected chi connectivity index (χ0v) is 13.1. The Morgan fingerprint density at radius 2 is 1.83 bits per heavy atom. The van der Waals surface area contributed by atoms with Crippen LogP contribution in [0.4, 0.5) is 0 Å². The van der Waals surface area contributed by atoms with Gasteiger partial charge >= 0.3 is 0 Å². The number of nitrogens with one attached hydrogen (secondary N) is 1. The Bertz CT molecular complexity index is 777. The molecule has 1 heterocycles. The summed E-state index contributed by atoms with van der Waals surface area (Å²) in [7, 11) is 0. The van der Waals surface area contributed by atoms with Gasteiger partial charge in [0, 0.05) is 31.0 Å². The highest BCUT2D eigenvalue weighted by atomic mass is 16.1. The Morgan fingerprint density at radius 1 is 1.09 bits per heavy atom. The Morgan fingerprint density at radius 3 is 2.52 bits per heavy atom. The third-order valence-electron chi connectivity index (χ3n) is 3.78. The number of rotatable bonds is 5. The molecule has 0 unspecified atom stereocenters. The van der Waals surface area contributed by atoms with Gasteiger partial charge in [0.05, 0.1) is 6.33 Å². The second kappa shape index (κ2) is 6.92. The van der Waals surface area contributed by atoms with Crippen LogP contribution in [0.15, 0.2) is 67.3 Å². The molecule has 4 heteroatoms. The predicted octanol–water partition coefficient (Wildman–Crippen LogP) is 3.17. The maximum absolute atomic E-state index is 12.2. The van der Waals surface area contributed by atoms with Crippen LogP contribution in [0, 0.1) is 6.92 Å². The second-order valence-electron chi connectivity index (χ2n) is 5.55. The van der Waals surface area contributed by atoms with E-state index in [-0.39, 0.29) is 5.91 Å². The summed E-state index contributed by atoms with van der Waals surface area (Å²) >= 11 is 0. The van der Waals surface area contributed by atoms with Crippen LogP contribution in [0.3, 0.4) is 0 Å². The van der Waals surface area contributed by atoms with E-state index in [9.17, 15) is 4.79 Å². The number of hydrogen-bond donors (Lipinski definition) is 1. The zero-order valence-electron chi connectivity index (χ0n) is 13.1. The van der Waals surface area contributed by atoms with E-state index in [0.29, 0.717) is 12.1 Å². The standard InChI is InChI=1S/C19H19N3O/c1-15-6-8-16(9-7-15)19(23)21-12-17-4-2-3-5-18(17)13-22-11-10-20-14-22/h2-11,14H,12-13H2,1H3,(H,21,23). The summed E-state index contributed by atoms with van der Waals surface area (Å²) in [4.78, 5) is 16.3. The fraction of sp³-hybridized carbons (Fsp3) is 0.158. The second-order valence-corrected chi connectivity index (χ2v) is 5.55. The van der Waals surface area contributed by atoms with Crippen molar-refractivity contribution >= 4 is 5.91 Å². The highest BCUT2D eigenvalue weighted by Gasteiger charge is 2.07. The van der Waals surface area contributed by atoms with Gasteiger partial charge in [0.15, 0.2) is 0 Å². The van der Waals surface area contributed by atoms with Crippen molar-refractivity contribution in [2.45, 2.75) is 20.0 Å². The summed E-state index contributed by atoms with van der Waals surface area (Å²) in [6.45, 7) is 3.27. The van der Waals surface area contributed by atoms with E-state index in [0.717, 1.165) is 17.7 Å². The topological polar surface area (TPSA) is 46.9 Å². The van der Waals surface area contributed by atoms with Crippen LogP contribution in [0.25, 0.3) is 0 Å². The SMILES string of the molecule is Cc1ccc(C(=O)NCc2ccccc2Cn2ccnc2)cc1. The lowest BCUT2D eigenvalue weighted by atomic mass is 10.1. The lowest BCUT2D eigenvalue weighted by molar-refractivity contribution is 0.0951. The van der Waals surface area contributed by atoms with Crippen LogP contribution < -0.4 is 5.32 Å². The smallest absolute Gasteiger partial charge is 0.251 e. The van der Waals surface area contributed by atoms with Gasteiger partial charge in [0.2, 0.25) is 0 Å². The molecule has 0 aliphatic carbocycles. The van der Waals surface area contributed by atoms with Crippen molar-refractivity contribution < 1.29 is 4.79 Å². The fourth-order valence-corrected chi connectivity index (χ4v) is 2.44. The summed E-state index contributed by atoms with van der Waals surface area (Å²) in [5, 5.41) is 2.99. The Balaban J connectivity index is 1.68. The quantitative estimate of drug-likeness (QED) is 0.787. The number of hydrogen-bond acceptors (Lipinski definition) is 2. The molecule has 4 nitrogen and oxygen atoms in total. The van der Waals surface area contributed by atoms with Gasteiger partial charge in [-0.1, -0.05) is 42.0 Å². The van der Waals surface area contributed by atoms with E-state index in [1.54, 1.807) is 12.5 Å². The molecule has 2 aromatic carbocycles. The van der Waals surface area contributed by atoms with E-state index in [1.807, 2.05) is 60.2 Å². The fourth-order valence-electron chi connectivity index (χ4n) is 2.44. The molecule has 1 amide bonds. The van der Waals surface area contributed by atoms with E-state index in [2.05, 4.69) is 16.4 Å². The molecule has 0 aliphatic heterocycles. The first-order valence-electron chi connectivity index (χ1n) is 7.60. The first-order valence-corrected chi connectivity index (χ1v) is 7.60. The molecule has 1 aromatic heterocycles. The first kappa shape index (κ1) is 15.0. The van der Waals surface area contributed by atoms with Crippen molar-refractivity contribution in [1.82, 2.24) is 14.9 Å². The molecule has 0 bridgehead atoms. The van der Waals surface area contributed by atoms with Gasteiger partial charge in [-0.25, -0.2) is 4.98 Å². The maximum atomic E-state index is 12.2. The summed E-state index contributed by atoms with van der Waals surface area (Å²) in [5.74, 6) is -0.0533. The normalized spacial score (nSPS) is 10.5. The Hall–Kier alpha value is -2.88. The van der Waals surface area contributed by atoms with Gasteiger partial charge in [-0.15, -0.1) is 0 Å². The molecular formula is C19H19N3O. The van der Waals surface area contributed by atoms with Gasteiger partial charge < -0.3 is 9.88 Å². The molecule has 0 spiro atoms. The van der Waals surface area contributed by atoms with Crippen molar-refractivity contribution in [2.75, 3.05) is 0 Å². The highest BCUT2D eigenvalue weighted by Crippen LogP contribution is 2.11. The molecule has 116 valence electrons. The summed E-state index contributed by atoms with van der Waals surface area (Å²) in [6, 6.07) is 15.7. The van der Waals surface area contributed by atoms with E-state index in [1.165, 1.54) is 5.56 Å². The summed E-state index contributed by atoms with van der Waals surface area (Å²) in [5.41, 5.74) is 4.12. The average Bonchev–Trinajstić information content (AvgIpc) is 3.07. The van der Waals surface area contributed by atoms with Gasteiger partial charge in [-0.2, -0.15) is 0 Å². The Kier molecular flexibility index (Phi) is 4.52. The number of amides is 1.